The third kappa shape index (κ3) is 3.07. The Labute approximate surface area is 108 Å². The lowest BCUT2D eigenvalue weighted by molar-refractivity contribution is -0.116. The van der Waals surface area contributed by atoms with Crippen molar-refractivity contribution < 1.29 is 9.90 Å². The molecule has 1 aromatic carbocycles. The minimum absolute atomic E-state index is 0.0576. The first-order valence-electron chi connectivity index (χ1n) is 5.53. The quantitative estimate of drug-likeness (QED) is 0.884. The Morgan fingerprint density at radius 3 is 2.39 bits per heavy atom. The molecule has 0 aliphatic carbocycles. The zero-order valence-corrected chi connectivity index (χ0v) is 10.7. The Morgan fingerprint density at radius 1 is 1.28 bits per heavy atom. The van der Waals surface area contributed by atoms with Crippen LogP contribution in [-0.4, -0.2) is 15.9 Å². The lowest BCUT2D eigenvalue weighted by atomic mass is 10.1. The highest BCUT2D eigenvalue weighted by Gasteiger charge is 2.07. The Kier molecular flexibility index (Phi) is 3.62. The highest BCUT2D eigenvalue weighted by Crippen LogP contribution is 2.20. The first-order chi connectivity index (χ1) is 8.54. The molecule has 0 saturated heterocycles. The number of hydrogen-bond acceptors (Lipinski definition) is 4. The van der Waals surface area contributed by atoms with E-state index >= 15 is 0 Å². The fourth-order valence-electron chi connectivity index (χ4n) is 1.72. The number of Topliss-reactive ketones (excluding diaryl/α,β-unsaturated/α-hetero) is 1. The Bertz CT molecular complexity index is 610. The van der Waals surface area contributed by atoms with E-state index in [0.717, 1.165) is 22.5 Å². The molecule has 2 rings (SSSR count). The van der Waals surface area contributed by atoms with Gasteiger partial charge in [-0.15, -0.1) is 0 Å². The average Bonchev–Trinajstić information content (AvgIpc) is 2.59. The fraction of sp³-hybridized carbons (Fsp3) is 0.231. The zero-order chi connectivity index (χ0) is 13.1. The summed E-state index contributed by atoms with van der Waals surface area (Å²) in [6.07, 6.45) is 0.943. The number of carbonyl (C=O) groups excluding carboxylic acids is 1. The van der Waals surface area contributed by atoms with E-state index in [1.54, 1.807) is 6.92 Å². The van der Waals surface area contributed by atoms with Gasteiger partial charge >= 0.3 is 4.87 Å². The maximum atomic E-state index is 11.0. The Hall–Kier alpha value is -1.88. The van der Waals surface area contributed by atoms with Gasteiger partial charge < -0.3 is 5.11 Å². The van der Waals surface area contributed by atoms with E-state index in [4.69, 9.17) is 0 Å². The van der Waals surface area contributed by atoms with Gasteiger partial charge in [0.25, 0.3) is 0 Å². The van der Waals surface area contributed by atoms with E-state index in [0.29, 0.717) is 17.7 Å². The molecule has 0 fully saturated rings. The monoisotopic (exact) mass is 263 g/mol. The lowest BCUT2D eigenvalue weighted by Crippen LogP contribution is -1.96. The van der Waals surface area contributed by atoms with Gasteiger partial charge in [-0.1, -0.05) is 35.6 Å². The van der Waals surface area contributed by atoms with Crippen molar-refractivity contribution in [2.45, 2.75) is 19.8 Å². The minimum Gasteiger partial charge on any atom is -0.494 e. The van der Waals surface area contributed by atoms with Crippen molar-refractivity contribution in [3.8, 4) is 5.88 Å². The van der Waals surface area contributed by atoms with Gasteiger partial charge in [0.05, 0.1) is 4.88 Å². The van der Waals surface area contributed by atoms with E-state index in [1.807, 2.05) is 24.3 Å². The van der Waals surface area contributed by atoms with Crippen molar-refractivity contribution in [2.24, 2.45) is 0 Å². The predicted octanol–water partition coefficient (Wildman–Crippen LogP) is 1.86. The summed E-state index contributed by atoms with van der Waals surface area (Å²) in [5.74, 6) is 0.0714. The van der Waals surface area contributed by atoms with Crippen molar-refractivity contribution >= 4 is 17.1 Å². The molecule has 0 saturated carbocycles. The van der Waals surface area contributed by atoms with Crippen LogP contribution in [0.4, 0.5) is 0 Å². The molecule has 0 aliphatic heterocycles. The second-order valence-corrected chi connectivity index (χ2v) is 5.23. The molecule has 5 heteroatoms. The van der Waals surface area contributed by atoms with E-state index in [2.05, 4.69) is 4.98 Å². The molecule has 2 N–H and O–H groups in total. The predicted molar refractivity (Wildman–Crippen MR) is 70.2 cm³/mol. The summed E-state index contributed by atoms with van der Waals surface area (Å²) >= 11 is 1.01. The maximum absolute atomic E-state index is 11.0. The molecule has 0 aliphatic rings. The van der Waals surface area contributed by atoms with Crippen molar-refractivity contribution in [1.29, 1.82) is 0 Å². The molecule has 0 radical (unpaired) electrons. The highest BCUT2D eigenvalue weighted by atomic mass is 32.1. The second-order valence-electron chi connectivity index (χ2n) is 4.16. The van der Waals surface area contributed by atoms with Crippen LogP contribution in [0.3, 0.4) is 0 Å². The summed E-state index contributed by atoms with van der Waals surface area (Å²) in [5, 5.41) is 9.48. The normalized spacial score (nSPS) is 10.5. The molecule has 94 valence electrons. The summed E-state index contributed by atoms with van der Waals surface area (Å²) in [6, 6.07) is 7.59. The topological polar surface area (TPSA) is 70.2 Å². The number of rotatable bonds is 4. The Morgan fingerprint density at radius 2 is 1.89 bits per heavy atom. The summed E-state index contributed by atoms with van der Waals surface area (Å²) < 4.78 is 0. The third-order valence-electron chi connectivity index (χ3n) is 2.54. The smallest absolute Gasteiger partial charge is 0.307 e. The summed E-state index contributed by atoms with van der Waals surface area (Å²) in [5.41, 5.74) is 1.96. The van der Waals surface area contributed by atoms with Gasteiger partial charge in [0.1, 0.15) is 5.78 Å². The molecule has 18 heavy (non-hydrogen) atoms. The van der Waals surface area contributed by atoms with Crippen LogP contribution in [0.5, 0.6) is 5.88 Å². The zero-order valence-electron chi connectivity index (χ0n) is 9.90. The van der Waals surface area contributed by atoms with Gasteiger partial charge in [0.2, 0.25) is 5.88 Å². The molecule has 0 amide bonds. The van der Waals surface area contributed by atoms with Gasteiger partial charge in [-0.05, 0) is 18.1 Å². The SMILES string of the molecule is CC(=O)Cc1ccc(Cc2sc(=O)[nH]c2O)cc1. The number of ketones is 1. The van der Waals surface area contributed by atoms with Crippen molar-refractivity contribution in [2.75, 3.05) is 0 Å². The van der Waals surface area contributed by atoms with Crippen LogP contribution in [0, 0.1) is 0 Å². The van der Waals surface area contributed by atoms with Crippen molar-refractivity contribution in [3.63, 3.8) is 0 Å². The maximum Gasteiger partial charge on any atom is 0.307 e. The first kappa shape index (κ1) is 12.6. The highest BCUT2D eigenvalue weighted by molar-refractivity contribution is 7.09. The number of carbonyl (C=O) groups is 1. The van der Waals surface area contributed by atoms with E-state index < -0.39 is 0 Å². The minimum atomic E-state index is -0.254. The standard InChI is InChI=1S/C13H13NO3S/c1-8(15)6-9-2-4-10(5-3-9)7-11-12(16)14-13(17)18-11/h2-5,16H,6-7H2,1H3,(H,14,17). The average molecular weight is 263 g/mol. The van der Waals surface area contributed by atoms with Crippen LogP contribution in [-0.2, 0) is 17.6 Å². The molecular weight excluding hydrogens is 250 g/mol. The van der Waals surface area contributed by atoms with Crippen LogP contribution in [0.2, 0.25) is 0 Å². The number of aromatic amines is 1. The fourth-order valence-corrected chi connectivity index (χ4v) is 2.48. The number of benzene rings is 1. The molecule has 0 bridgehead atoms. The molecule has 1 aromatic heterocycles. The van der Waals surface area contributed by atoms with E-state index in [-0.39, 0.29) is 16.5 Å². The molecule has 4 nitrogen and oxygen atoms in total. The number of aromatic hydroxyl groups is 1. The van der Waals surface area contributed by atoms with Gasteiger partial charge in [0.15, 0.2) is 0 Å². The summed E-state index contributed by atoms with van der Waals surface area (Å²) in [6.45, 7) is 1.56. The van der Waals surface area contributed by atoms with Crippen molar-refractivity contribution in [3.05, 3.63) is 49.9 Å². The van der Waals surface area contributed by atoms with Crippen LogP contribution >= 0.6 is 11.3 Å². The third-order valence-corrected chi connectivity index (χ3v) is 3.41. The largest absolute Gasteiger partial charge is 0.494 e. The molecule has 0 atom stereocenters. The summed E-state index contributed by atoms with van der Waals surface area (Å²) in [4.78, 5) is 24.7. The van der Waals surface area contributed by atoms with Crippen molar-refractivity contribution in [1.82, 2.24) is 4.98 Å². The second kappa shape index (κ2) is 5.18. The molecular formula is C13H13NO3S. The summed E-state index contributed by atoms with van der Waals surface area (Å²) in [7, 11) is 0. The molecule has 2 aromatic rings. The van der Waals surface area contributed by atoms with Crippen LogP contribution in [0.25, 0.3) is 0 Å². The van der Waals surface area contributed by atoms with Crippen LogP contribution < -0.4 is 4.87 Å². The first-order valence-corrected chi connectivity index (χ1v) is 6.34. The molecule has 0 unspecified atom stereocenters. The number of aromatic nitrogens is 1. The number of H-pyrrole nitrogens is 1. The van der Waals surface area contributed by atoms with E-state index in [1.165, 1.54) is 0 Å². The van der Waals surface area contributed by atoms with Gasteiger partial charge in [0, 0.05) is 12.8 Å². The van der Waals surface area contributed by atoms with E-state index in [9.17, 15) is 14.7 Å². The van der Waals surface area contributed by atoms with Gasteiger partial charge in [-0.3, -0.25) is 14.6 Å². The lowest BCUT2D eigenvalue weighted by Gasteiger charge is -2.02. The number of hydrogen-bond donors (Lipinski definition) is 2. The number of nitrogens with one attached hydrogen (secondary N) is 1. The van der Waals surface area contributed by atoms with Crippen LogP contribution in [0.15, 0.2) is 29.1 Å². The van der Waals surface area contributed by atoms with Gasteiger partial charge in [-0.2, -0.15) is 0 Å². The molecule has 0 spiro atoms. The van der Waals surface area contributed by atoms with Crippen LogP contribution in [0.1, 0.15) is 22.9 Å². The number of thiazole rings is 1. The Balaban J connectivity index is 2.13. The molecule has 1 heterocycles. The van der Waals surface area contributed by atoms with Gasteiger partial charge in [-0.25, -0.2) is 0 Å².